The van der Waals surface area contributed by atoms with Crippen LogP contribution in [0.2, 0.25) is 0 Å². The van der Waals surface area contributed by atoms with Crippen molar-refractivity contribution >= 4 is 21.6 Å². The predicted molar refractivity (Wildman–Crippen MR) is 111 cm³/mol. The van der Waals surface area contributed by atoms with E-state index in [9.17, 15) is 13.4 Å². The Hall–Kier alpha value is -2.50. The number of aromatic nitrogens is 2. The summed E-state index contributed by atoms with van der Waals surface area (Å²) in [5.74, 6) is 0.221. The van der Waals surface area contributed by atoms with E-state index in [0.29, 0.717) is 18.7 Å². The summed E-state index contributed by atoms with van der Waals surface area (Å²) in [5, 5.41) is 12.8. The molecule has 0 radical (unpaired) electrons. The maximum Gasteiger partial charge on any atom is 0.354 e. The van der Waals surface area contributed by atoms with Crippen LogP contribution in [-0.2, 0) is 46.9 Å². The van der Waals surface area contributed by atoms with Crippen LogP contribution in [0.25, 0.3) is 0 Å². The average Bonchev–Trinajstić information content (AvgIpc) is 3.44. The number of halogens is 1. The first kappa shape index (κ1) is 20.4. The Morgan fingerprint density at radius 2 is 2.23 bits per heavy atom. The van der Waals surface area contributed by atoms with Crippen molar-refractivity contribution in [3.63, 3.8) is 0 Å². The van der Waals surface area contributed by atoms with Gasteiger partial charge in [-0.25, -0.2) is 23.2 Å². The second kappa shape index (κ2) is 7.57. The van der Waals surface area contributed by atoms with E-state index in [1.165, 1.54) is 10.9 Å². The maximum atomic E-state index is 14.1. The lowest BCUT2D eigenvalue weighted by Crippen LogP contribution is -2.32. The number of alkyl halides is 1. The quantitative estimate of drug-likeness (QED) is 0.744. The van der Waals surface area contributed by atoms with Gasteiger partial charge in [0.25, 0.3) is 0 Å². The second-order valence-electron chi connectivity index (χ2n) is 8.14. The summed E-state index contributed by atoms with van der Waals surface area (Å²) in [6.07, 6.45) is 3.44. The smallest absolute Gasteiger partial charge is 0.354 e. The maximum absolute atomic E-state index is 14.1. The van der Waals surface area contributed by atoms with Crippen LogP contribution in [0.5, 0.6) is 5.88 Å². The van der Waals surface area contributed by atoms with Crippen LogP contribution in [0.15, 0.2) is 21.5 Å². The second-order valence-corrected chi connectivity index (χ2v) is 9.90. The lowest BCUT2D eigenvalue weighted by Gasteiger charge is -2.23. The fourth-order valence-corrected chi connectivity index (χ4v) is 5.65. The highest BCUT2D eigenvalue weighted by atomic mass is 32.2. The van der Waals surface area contributed by atoms with Gasteiger partial charge in [0, 0.05) is 25.6 Å². The van der Waals surface area contributed by atoms with E-state index >= 15 is 0 Å². The highest BCUT2D eigenvalue weighted by Crippen LogP contribution is 2.39. The molecule has 31 heavy (non-hydrogen) atoms. The lowest BCUT2D eigenvalue weighted by molar-refractivity contribution is 0.0165. The summed E-state index contributed by atoms with van der Waals surface area (Å²) in [6.45, 7) is 0.670. The van der Waals surface area contributed by atoms with Crippen molar-refractivity contribution in [2.45, 2.75) is 55.8 Å². The van der Waals surface area contributed by atoms with E-state index in [2.05, 4.69) is 20.8 Å². The van der Waals surface area contributed by atoms with Crippen LogP contribution in [-0.4, -0.2) is 46.0 Å². The number of ether oxygens (including phenoxy) is 2. The van der Waals surface area contributed by atoms with Crippen LogP contribution in [0, 0.1) is 0 Å². The number of carbonyl (C=O) groups excluding carboxylic acids is 1. The Balaban J connectivity index is 1.45. The van der Waals surface area contributed by atoms with E-state index in [1.54, 1.807) is 7.11 Å². The van der Waals surface area contributed by atoms with Gasteiger partial charge >= 0.3 is 6.03 Å². The van der Waals surface area contributed by atoms with Crippen LogP contribution in [0.4, 0.5) is 14.9 Å². The van der Waals surface area contributed by atoms with Crippen molar-refractivity contribution in [1.82, 2.24) is 9.78 Å². The minimum atomic E-state index is -3.60. The number of urea groups is 1. The predicted octanol–water partition coefficient (Wildman–Crippen LogP) is 2.15. The molecule has 2 heterocycles. The number of aryl methyl sites for hydroxylation is 1. The molecule has 2 amide bonds. The zero-order valence-corrected chi connectivity index (χ0v) is 17.9. The van der Waals surface area contributed by atoms with Gasteiger partial charge in [-0.3, -0.25) is 0 Å². The fraction of sp³-hybridized carbons (Fsp3) is 0.500. The van der Waals surface area contributed by atoms with Gasteiger partial charge in [0.1, 0.15) is 23.8 Å². The standard InChI is InChI=1S/C20H24FN5O4S/c1-29-14-9-26-19(30-10-14)17(8-23-26)31(22,28)25-20(27)24-18-15-4-2-3-11(15)5-12-6-13(21)7-16(12)18/h5,8,13-14H,2-4,6-7,9-10H2,1H3,(H3,22,24,25,27,28)/t13-,14-,31-/m0/s1. The van der Waals surface area contributed by atoms with Gasteiger partial charge in [-0.05, 0) is 41.5 Å². The number of nitrogens with zero attached hydrogens (tertiary/aromatic N) is 3. The first-order valence-corrected chi connectivity index (χ1v) is 11.8. The summed E-state index contributed by atoms with van der Waals surface area (Å²) in [4.78, 5) is 12.8. The third kappa shape index (κ3) is 3.60. The summed E-state index contributed by atoms with van der Waals surface area (Å²) in [6, 6.07) is 1.22. The molecule has 0 fully saturated rings. The minimum Gasteiger partial charge on any atom is -0.474 e. The molecule has 166 valence electrons. The summed E-state index contributed by atoms with van der Waals surface area (Å²) in [5.41, 5.74) is 4.46. The molecule has 2 aromatic rings. The monoisotopic (exact) mass is 449 g/mol. The normalized spacial score (nSPS) is 23.3. The van der Waals surface area contributed by atoms with Gasteiger partial charge in [0.15, 0.2) is 9.92 Å². The molecular formula is C20H24FN5O4S. The molecule has 0 saturated heterocycles. The van der Waals surface area contributed by atoms with Crippen LogP contribution >= 0.6 is 0 Å². The van der Waals surface area contributed by atoms with Gasteiger partial charge < -0.3 is 14.8 Å². The number of rotatable bonds is 3. The first-order chi connectivity index (χ1) is 14.9. The van der Waals surface area contributed by atoms with E-state index in [-0.39, 0.29) is 29.9 Å². The topological polar surface area (TPSA) is 121 Å². The van der Waals surface area contributed by atoms with Crippen molar-refractivity contribution in [2.24, 2.45) is 9.50 Å². The van der Waals surface area contributed by atoms with Gasteiger partial charge in [-0.2, -0.15) is 5.10 Å². The first-order valence-electron chi connectivity index (χ1n) is 10.2. The Morgan fingerprint density at radius 1 is 1.39 bits per heavy atom. The van der Waals surface area contributed by atoms with Gasteiger partial charge in [0.05, 0.1) is 12.7 Å². The lowest BCUT2D eigenvalue weighted by atomic mass is 9.99. The van der Waals surface area contributed by atoms with Crippen molar-refractivity contribution in [1.29, 1.82) is 0 Å². The number of benzene rings is 1. The molecular weight excluding hydrogens is 425 g/mol. The van der Waals surface area contributed by atoms with Crippen molar-refractivity contribution in [3.05, 3.63) is 34.5 Å². The number of anilines is 1. The third-order valence-corrected chi connectivity index (χ3v) is 7.46. The van der Waals surface area contributed by atoms with Gasteiger partial charge in [-0.15, -0.1) is 4.36 Å². The van der Waals surface area contributed by atoms with Gasteiger partial charge in [0.2, 0.25) is 5.88 Å². The Bertz CT molecular complexity index is 1190. The molecule has 5 rings (SSSR count). The number of amides is 2. The van der Waals surface area contributed by atoms with Crippen LogP contribution < -0.4 is 15.2 Å². The summed E-state index contributed by atoms with van der Waals surface area (Å²) < 4.78 is 43.3. The van der Waals surface area contributed by atoms with Crippen molar-refractivity contribution < 1.29 is 22.9 Å². The highest BCUT2D eigenvalue weighted by molar-refractivity contribution is 7.91. The Kier molecular flexibility index (Phi) is 4.98. The number of methoxy groups -OCH3 is 1. The third-order valence-electron chi connectivity index (χ3n) is 6.11. The molecule has 3 N–H and O–H groups in total. The molecule has 0 saturated carbocycles. The summed E-state index contributed by atoms with van der Waals surface area (Å²) in [7, 11) is -2.03. The SMILES string of the molecule is CO[C@@H]1COc2c([S@@](N)(=O)=NC(=O)Nc3c4c(cc5c3C[C@@H](F)C5)CCC4)cnn2C1. The Morgan fingerprint density at radius 3 is 3.03 bits per heavy atom. The van der Waals surface area contributed by atoms with Gasteiger partial charge in [-0.1, -0.05) is 6.07 Å². The van der Waals surface area contributed by atoms with E-state index < -0.39 is 22.1 Å². The largest absolute Gasteiger partial charge is 0.474 e. The number of hydrogen-bond donors (Lipinski definition) is 2. The van der Waals surface area contributed by atoms with E-state index in [1.807, 2.05) is 0 Å². The average molecular weight is 450 g/mol. The Labute approximate surface area is 179 Å². The number of fused-ring (bicyclic) bond motifs is 3. The number of nitrogens with two attached hydrogens (primary N) is 1. The molecule has 1 aromatic heterocycles. The molecule has 11 heteroatoms. The number of hydrogen-bond acceptors (Lipinski definition) is 5. The molecule has 3 aliphatic rings. The number of carbonyl (C=O) groups is 1. The fourth-order valence-electron chi connectivity index (χ4n) is 4.65. The molecule has 0 unspecified atom stereocenters. The molecule has 1 aliphatic heterocycles. The van der Waals surface area contributed by atoms with E-state index in [4.69, 9.17) is 14.6 Å². The zero-order valence-electron chi connectivity index (χ0n) is 17.1. The molecule has 1 aromatic carbocycles. The molecule has 3 atom stereocenters. The van der Waals surface area contributed by atoms with Crippen molar-refractivity contribution in [2.75, 3.05) is 19.0 Å². The molecule has 2 aliphatic carbocycles. The summed E-state index contributed by atoms with van der Waals surface area (Å²) >= 11 is 0. The van der Waals surface area contributed by atoms with Crippen molar-refractivity contribution in [3.8, 4) is 5.88 Å². The minimum absolute atomic E-state index is 0.0598. The van der Waals surface area contributed by atoms with Crippen LogP contribution in [0.3, 0.4) is 0 Å². The van der Waals surface area contributed by atoms with Crippen LogP contribution in [0.1, 0.15) is 28.7 Å². The van der Waals surface area contributed by atoms with E-state index in [0.717, 1.165) is 41.5 Å². The molecule has 9 nitrogen and oxygen atoms in total. The molecule has 0 spiro atoms. The molecule has 0 bridgehead atoms. The zero-order chi connectivity index (χ0) is 21.8. The number of nitrogens with one attached hydrogen (secondary N) is 1. The highest BCUT2D eigenvalue weighted by Gasteiger charge is 2.31.